The second-order valence-corrected chi connectivity index (χ2v) is 8.18. The zero-order valence-corrected chi connectivity index (χ0v) is 15.1. The van der Waals surface area contributed by atoms with Crippen molar-refractivity contribution < 1.29 is 9.53 Å². The number of rotatable bonds is 2. The van der Waals surface area contributed by atoms with Gasteiger partial charge in [-0.2, -0.15) is 0 Å². The standard InChI is InChI=1S/C18H21Cl2NO2/c1-5-18(11-6-7-14(19)15(20)8-11)12-9-21(10-13(12)18)16(22)23-17(2,3)4/h5-8,12-13H,1,9-10H2,2-4H3/t12-,13+,18+. The van der Waals surface area contributed by atoms with Gasteiger partial charge in [-0.25, -0.2) is 4.79 Å². The second-order valence-electron chi connectivity index (χ2n) is 7.36. The molecule has 1 saturated carbocycles. The Kier molecular flexibility index (Phi) is 3.93. The Labute approximate surface area is 147 Å². The molecule has 5 heteroatoms. The number of allylic oxidation sites excluding steroid dienone is 1. The molecular weight excluding hydrogens is 333 g/mol. The predicted octanol–water partition coefficient (Wildman–Crippen LogP) is 4.91. The van der Waals surface area contributed by atoms with Crippen molar-refractivity contribution in [1.82, 2.24) is 4.90 Å². The minimum absolute atomic E-state index is 0.104. The Bertz CT molecular complexity index is 653. The maximum atomic E-state index is 12.2. The van der Waals surface area contributed by atoms with Crippen LogP contribution in [0.5, 0.6) is 0 Å². The number of amides is 1. The van der Waals surface area contributed by atoms with Crippen LogP contribution in [0.15, 0.2) is 30.9 Å². The van der Waals surface area contributed by atoms with Crippen LogP contribution in [-0.4, -0.2) is 29.7 Å². The highest BCUT2D eigenvalue weighted by Crippen LogP contribution is 2.64. The summed E-state index contributed by atoms with van der Waals surface area (Å²) in [6.45, 7) is 11.0. The van der Waals surface area contributed by atoms with Gasteiger partial charge < -0.3 is 9.64 Å². The first-order chi connectivity index (χ1) is 10.7. The molecule has 2 aliphatic rings. The molecule has 1 aromatic carbocycles. The van der Waals surface area contributed by atoms with Gasteiger partial charge in [0.05, 0.1) is 10.0 Å². The van der Waals surface area contributed by atoms with E-state index in [1.165, 1.54) is 0 Å². The van der Waals surface area contributed by atoms with E-state index < -0.39 is 5.60 Å². The number of nitrogens with zero attached hydrogens (tertiary/aromatic N) is 1. The van der Waals surface area contributed by atoms with Crippen LogP contribution in [0, 0.1) is 11.8 Å². The third-order valence-corrected chi connectivity index (χ3v) is 5.59. The lowest BCUT2D eigenvalue weighted by Crippen LogP contribution is -2.38. The molecule has 1 aliphatic heterocycles. The van der Waals surface area contributed by atoms with E-state index in [0.717, 1.165) is 5.56 Å². The summed E-state index contributed by atoms with van der Waals surface area (Å²) < 4.78 is 5.46. The van der Waals surface area contributed by atoms with Crippen molar-refractivity contribution in [2.45, 2.75) is 31.8 Å². The predicted molar refractivity (Wildman–Crippen MR) is 93.1 cm³/mol. The van der Waals surface area contributed by atoms with Gasteiger partial charge >= 0.3 is 6.09 Å². The lowest BCUT2D eigenvalue weighted by atomic mass is 9.90. The van der Waals surface area contributed by atoms with E-state index in [-0.39, 0.29) is 11.5 Å². The summed E-state index contributed by atoms with van der Waals surface area (Å²) in [6.07, 6.45) is 1.76. The lowest BCUT2D eigenvalue weighted by molar-refractivity contribution is 0.0265. The van der Waals surface area contributed by atoms with Crippen LogP contribution >= 0.6 is 23.2 Å². The van der Waals surface area contributed by atoms with E-state index in [1.54, 1.807) is 4.90 Å². The molecule has 2 fully saturated rings. The smallest absolute Gasteiger partial charge is 0.410 e. The van der Waals surface area contributed by atoms with Crippen LogP contribution in [0.2, 0.25) is 10.0 Å². The summed E-state index contributed by atoms with van der Waals surface area (Å²) in [6, 6.07) is 5.75. The Morgan fingerprint density at radius 1 is 1.30 bits per heavy atom. The van der Waals surface area contributed by atoms with Gasteiger partial charge in [0.1, 0.15) is 5.60 Å². The van der Waals surface area contributed by atoms with Gasteiger partial charge in [0.2, 0.25) is 0 Å². The van der Waals surface area contributed by atoms with Gasteiger partial charge in [-0.05, 0) is 50.3 Å². The van der Waals surface area contributed by atoms with Crippen molar-refractivity contribution in [3.8, 4) is 0 Å². The average molecular weight is 354 g/mol. The van der Waals surface area contributed by atoms with Crippen LogP contribution in [0.1, 0.15) is 26.3 Å². The molecule has 0 bridgehead atoms. The topological polar surface area (TPSA) is 29.5 Å². The minimum Gasteiger partial charge on any atom is -0.444 e. The molecule has 0 N–H and O–H groups in total. The summed E-state index contributed by atoms with van der Waals surface area (Å²) in [7, 11) is 0. The monoisotopic (exact) mass is 353 g/mol. The minimum atomic E-state index is -0.469. The summed E-state index contributed by atoms with van der Waals surface area (Å²) in [5, 5.41) is 1.11. The number of carbonyl (C=O) groups is 1. The zero-order valence-electron chi connectivity index (χ0n) is 13.6. The highest BCUT2D eigenvalue weighted by atomic mass is 35.5. The maximum absolute atomic E-state index is 12.2. The normalized spacial score (nSPS) is 29.2. The van der Waals surface area contributed by atoms with E-state index in [9.17, 15) is 4.79 Å². The number of benzene rings is 1. The third-order valence-electron chi connectivity index (χ3n) is 4.85. The fraction of sp³-hybridized carbons (Fsp3) is 0.500. The third kappa shape index (κ3) is 2.74. The number of hydrogen-bond acceptors (Lipinski definition) is 2. The van der Waals surface area contributed by atoms with Crippen LogP contribution in [0.25, 0.3) is 0 Å². The highest BCUT2D eigenvalue weighted by molar-refractivity contribution is 6.42. The molecule has 1 amide bonds. The largest absolute Gasteiger partial charge is 0.444 e. The number of ether oxygens (including phenoxy) is 1. The van der Waals surface area contributed by atoms with Crippen molar-refractivity contribution in [2.75, 3.05) is 13.1 Å². The van der Waals surface area contributed by atoms with Gasteiger partial charge in [0.15, 0.2) is 0 Å². The molecule has 1 aliphatic carbocycles. The lowest BCUT2D eigenvalue weighted by Gasteiger charge is -2.28. The van der Waals surface area contributed by atoms with Gasteiger partial charge in [-0.15, -0.1) is 6.58 Å². The summed E-state index contributed by atoms with van der Waals surface area (Å²) in [5.41, 5.74) is 0.552. The van der Waals surface area contributed by atoms with E-state index in [2.05, 4.69) is 6.58 Å². The number of piperidine rings is 1. The maximum Gasteiger partial charge on any atom is 0.410 e. The van der Waals surface area contributed by atoms with Gasteiger partial charge in [0.25, 0.3) is 0 Å². The van der Waals surface area contributed by atoms with E-state index in [1.807, 2.05) is 45.0 Å². The van der Waals surface area contributed by atoms with Crippen LogP contribution < -0.4 is 0 Å². The molecule has 0 radical (unpaired) electrons. The number of hydrogen-bond donors (Lipinski definition) is 0. The van der Waals surface area contributed by atoms with Crippen molar-refractivity contribution in [3.05, 3.63) is 46.5 Å². The molecule has 23 heavy (non-hydrogen) atoms. The first kappa shape index (κ1) is 16.7. The Morgan fingerprint density at radius 3 is 2.39 bits per heavy atom. The first-order valence-electron chi connectivity index (χ1n) is 7.76. The Morgan fingerprint density at radius 2 is 1.91 bits per heavy atom. The van der Waals surface area contributed by atoms with Crippen molar-refractivity contribution in [2.24, 2.45) is 11.8 Å². The van der Waals surface area contributed by atoms with Crippen molar-refractivity contribution in [1.29, 1.82) is 0 Å². The Hall–Kier alpha value is -1.19. The van der Waals surface area contributed by atoms with Crippen molar-refractivity contribution in [3.63, 3.8) is 0 Å². The molecule has 1 aromatic rings. The molecule has 0 unspecified atom stereocenters. The molecule has 0 spiro atoms. The number of carbonyl (C=O) groups excluding carboxylic acids is 1. The SMILES string of the molecule is C=C[C@]1(c2ccc(Cl)c(Cl)c2)[C@@H]2CN(C(=O)OC(C)(C)C)C[C@@H]21. The molecule has 3 atom stereocenters. The molecule has 124 valence electrons. The van der Waals surface area contributed by atoms with Gasteiger partial charge in [-0.3, -0.25) is 0 Å². The summed E-state index contributed by atoms with van der Waals surface area (Å²) in [4.78, 5) is 14.0. The van der Waals surface area contributed by atoms with Crippen LogP contribution in [0.4, 0.5) is 4.79 Å². The number of halogens is 2. The fourth-order valence-corrected chi connectivity index (χ4v) is 4.06. The molecular formula is C18H21Cl2NO2. The zero-order chi connectivity index (χ0) is 17.0. The first-order valence-corrected chi connectivity index (χ1v) is 8.51. The van der Waals surface area contributed by atoms with Gasteiger partial charge in [0, 0.05) is 18.5 Å². The van der Waals surface area contributed by atoms with Gasteiger partial charge in [-0.1, -0.05) is 35.3 Å². The van der Waals surface area contributed by atoms with Crippen LogP contribution in [-0.2, 0) is 10.2 Å². The molecule has 3 nitrogen and oxygen atoms in total. The number of likely N-dealkylation sites (tertiary alicyclic amines) is 1. The van der Waals surface area contributed by atoms with Crippen LogP contribution in [0.3, 0.4) is 0 Å². The van der Waals surface area contributed by atoms with E-state index in [4.69, 9.17) is 27.9 Å². The van der Waals surface area contributed by atoms with E-state index in [0.29, 0.717) is 35.0 Å². The molecule has 1 heterocycles. The summed E-state index contributed by atoms with van der Waals surface area (Å²) >= 11 is 12.2. The highest BCUT2D eigenvalue weighted by Gasteiger charge is 2.68. The second kappa shape index (κ2) is 5.42. The average Bonchev–Trinajstić information content (AvgIpc) is 2.84. The Balaban J connectivity index is 1.75. The summed E-state index contributed by atoms with van der Waals surface area (Å²) in [5.74, 6) is 0.731. The molecule has 0 aromatic heterocycles. The quantitative estimate of drug-likeness (QED) is 0.706. The fourth-order valence-electron chi connectivity index (χ4n) is 3.76. The molecule has 3 rings (SSSR count). The van der Waals surface area contributed by atoms with E-state index >= 15 is 0 Å². The number of fused-ring (bicyclic) bond motifs is 1. The van der Waals surface area contributed by atoms with Crippen molar-refractivity contribution >= 4 is 29.3 Å². The molecule has 1 saturated heterocycles.